The molecule has 25 heavy (non-hydrogen) atoms. The molecule has 1 rings (SSSR count). The lowest BCUT2D eigenvalue weighted by molar-refractivity contribution is 0.290. The zero-order chi connectivity index (χ0) is 19.0. The van der Waals surface area contributed by atoms with Gasteiger partial charge in [0.25, 0.3) is 0 Å². The highest BCUT2D eigenvalue weighted by molar-refractivity contribution is 5.91. The molecule has 0 N–H and O–H groups in total. The molecule has 0 aromatic heterocycles. The molecule has 0 saturated heterocycles. The second kappa shape index (κ2) is 9.63. The second-order valence-electron chi connectivity index (χ2n) is 6.16. The number of methoxy groups -OCH3 is 1. The van der Waals surface area contributed by atoms with Gasteiger partial charge < -0.3 is 4.74 Å². The van der Waals surface area contributed by atoms with Crippen molar-refractivity contribution in [2.75, 3.05) is 7.11 Å². The Kier molecular flexibility index (Phi) is 7.87. The number of allylic oxidation sites excluding steroid dienone is 7. The molecule has 0 spiro atoms. The third-order valence-electron chi connectivity index (χ3n) is 3.74. The highest BCUT2D eigenvalue weighted by Crippen LogP contribution is 2.24. The number of hydrogen-bond acceptors (Lipinski definition) is 2. The van der Waals surface area contributed by atoms with Crippen LogP contribution in [-0.4, -0.2) is 13.3 Å². The molecule has 0 aliphatic rings. The minimum absolute atomic E-state index is 0.809. The van der Waals surface area contributed by atoms with Crippen LogP contribution in [0.5, 0.6) is 0 Å². The first-order chi connectivity index (χ1) is 11.8. The van der Waals surface area contributed by atoms with Gasteiger partial charge in [-0.2, -0.15) is 0 Å². The van der Waals surface area contributed by atoms with Gasteiger partial charge >= 0.3 is 0 Å². The molecule has 132 valence electrons. The SMILES string of the molecule is C=C(C)/C=C(\C=N/C(=C\C)c1ccc(C)cc1)C(/C(=C)C)=C(\C)OC. The van der Waals surface area contributed by atoms with Gasteiger partial charge in [0.1, 0.15) is 5.76 Å². The highest BCUT2D eigenvalue weighted by atomic mass is 16.5. The average molecular weight is 335 g/mol. The van der Waals surface area contributed by atoms with Gasteiger partial charge in [-0.1, -0.05) is 60.7 Å². The predicted octanol–water partition coefficient (Wildman–Crippen LogP) is 6.43. The van der Waals surface area contributed by atoms with Crippen LogP contribution in [0.4, 0.5) is 0 Å². The molecule has 2 heteroatoms. The van der Waals surface area contributed by atoms with Crippen molar-refractivity contribution in [1.29, 1.82) is 0 Å². The number of aryl methyl sites for hydroxylation is 1. The highest BCUT2D eigenvalue weighted by Gasteiger charge is 2.10. The molecule has 1 aromatic carbocycles. The zero-order valence-electron chi connectivity index (χ0n) is 16.3. The lowest BCUT2D eigenvalue weighted by Gasteiger charge is -2.13. The zero-order valence-corrected chi connectivity index (χ0v) is 16.3. The lowest BCUT2D eigenvalue weighted by atomic mass is 9.97. The van der Waals surface area contributed by atoms with E-state index in [0.717, 1.165) is 39.3 Å². The molecular formula is C23H29NO. The number of rotatable bonds is 7. The van der Waals surface area contributed by atoms with Crippen molar-refractivity contribution < 1.29 is 4.74 Å². The van der Waals surface area contributed by atoms with Crippen molar-refractivity contribution in [3.63, 3.8) is 0 Å². The molecule has 0 saturated carbocycles. The Hall–Kier alpha value is -2.61. The molecule has 2 nitrogen and oxygen atoms in total. The first kappa shape index (κ1) is 20.4. The van der Waals surface area contributed by atoms with Gasteiger partial charge in [0, 0.05) is 17.4 Å². The minimum atomic E-state index is 0.809. The Morgan fingerprint density at radius 1 is 1.08 bits per heavy atom. The monoisotopic (exact) mass is 335 g/mol. The van der Waals surface area contributed by atoms with E-state index in [1.807, 2.05) is 46.1 Å². The molecule has 0 amide bonds. The van der Waals surface area contributed by atoms with Crippen LogP contribution in [-0.2, 0) is 4.74 Å². The molecule has 0 heterocycles. The maximum Gasteiger partial charge on any atom is 0.101 e. The molecule has 0 atom stereocenters. The van der Waals surface area contributed by atoms with Crippen LogP contribution in [0.25, 0.3) is 5.70 Å². The first-order valence-corrected chi connectivity index (χ1v) is 8.35. The average Bonchev–Trinajstić information content (AvgIpc) is 2.55. The summed E-state index contributed by atoms with van der Waals surface area (Å²) < 4.78 is 5.44. The summed E-state index contributed by atoms with van der Waals surface area (Å²) in [7, 11) is 1.66. The van der Waals surface area contributed by atoms with Gasteiger partial charge in [-0.25, -0.2) is 0 Å². The summed E-state index contributed by atoms with van der Waals surface area (Å²) in [4.78, 5) is 4.71. The van der Waals surface area contributed by atoms with E-state index in [-0.39, 0.29) is 0 Å². The molecule has 0 unspecified atom stereocenters. The summed E-state index contributed by atoms with van der Waals surface area (Å²) in [5, 5.41) is 0. The van der Waals surface area contributed by atoms with Gasteiger partial charge in [-0.05, 0) is 45.8 Å². The molecule has 1 aromatic rings. The number of nitrogens with zero attached hydrogens (tertiary/aromatic N) is 1. The van der Waals surface area contributed by atoms with Crippen LogP contribution in [0.2, 0.25) is 0 Å². The van der Waals surface area contributed by atoms with Crippen LogP contribution in [0.15, 0.2) is 82.6 Å². The van der Waals surface area contributed by atoms with E-state index in [1.54, 1.807) is 7.11 Å². The van der Waals surface area contributed by atoms with Crippen molar-refractivity contribution in [3.8, 4) is 0 Å². The van der Waals surface area contributed by atoms with E-state index >= 15 is 0 Å². The third-order valence-corrected chi connectivity index (χ3v) is 3.74. The second-order valence-corrected chi connectivity index (χ2v) is 6.16. The third kappa shape index (κ3) is 6.07. The Bertz CT molecular complexity index is 756. The predicted molar refractivity (Wildman–Crippen MR) is 111 cm³/mol. The molecule has 0 aliphatic heterocycles. The van der Waals surface area contributed by atoms with Crippen LogP contribution in [0, 0.1) is 6.92 Å². The number of hydrogen-bond donors (Lipinski definition) is 0. The van der Waals surface area contributed by atoms with Gasteiger partial charge in [0.05, 0.1) is 12.8 Å². The molecule has 0 radical (unpaired) electrons. The van der Waals surface area contributed by atoms with Crippen molar-refractivity contribution in [2.45, 2.75) is 34.6 Å². The van der Waals surface area contributed by atoms with E-state index in [0.29, 0.717) is 0 Å². The Morgan fingerprint density at radius 2 is 1.68 bits per heavy atom. The Labute approximate surface area is 152 Å². The summed E-state index contributed by atoms with van der Waals surface area (Å²) in [5.74, 6) is 0.809. The number of aliphatic imine (C=N–C) groups is 1. The van der Waals surface area contributed by atoms with E-state index < -0.39 is 0 Å². The first-order valence-electron chi connectivity index (χ1n) is 8.35. The van der Waals surface area contributed by atoms with E-state index in [4.69, 9.17) is 9.73 Å². The van der Waals surface area contributed by atoms with Crippen LogP contribution in [0.3, 0.4) is 0 Å². The standard InChI is InChI=1S/C23H29NO/c1-9-22(20-12-10-18(6)11-13-20)24-15-21(14-16(2)3)23(17(4)5)19(7)25-8/h9-15H,2,4H2,1,3,5-8H3/b21-14+,22-9-,23-19+,24-15-. The summed E-state index contributed by atoms with van der Waals surface area (Å²) in [6, 6.07) is 8.35. The fourth-order valence-electron chi connectivity index (χ4n) is 2.47. The quantitative estimate of drug-likeness (QED) is 0.320. The van der Waals surface area contributed by atoms with Crippen LogP contribution < -0.4 is 0 Å². The lowest BCUT2D eigenvalue weighted by Crippen LogP contribution is -1.99. The van der Waals surface area contributed by atoms with Gasteiger partial charge in [0.15, 0.2) is 0 Å². The molecule has 0 fully saturated rings. The summed E-state index contributed by atoms with van der Waals surface area (Å²) in [6.07, 6.45) is 5.86. The van der Waals surface area contributed by atoms with Crippen LogP contribution in [0.1, 0.15) is 38.8 Å². The Morgan fingerprint density at radius 3 is 2.12 bits per heavy atom. The maximum atomic E-state index is 5.44. The van der Waals surface area contributed by atoms with E-state index in [1.165, 1.54) is 5.56 Å². The van der Waals surface area contributed by atoms with Crippen molar-refractivity contribution >= 4 is 11.9 Å². The number of ether oxygens (including phenoxy) is 1. The molecular weight excluding hydrogens is 306 g/mol. The van der Waals surface area contributed by atoms with Crippen LogP contribution >= 0.6 is 0 Å². The largest absolute Gasteiger partial charge is 0.501 e. The van der Waals surface area contributed by atoms with E-state index in [2.05, 4.69) is 44.3 Å². The smallest absolute Gasteiger partial charge is 0.101 e. The summed E-state index contributed by atoms with van der Waals surface area (Å²) in [5.41, 5.74) is 7.00. The number of benzene rings is 1. The fourth-order valence-corrected chi connectivity index (χ4v) is 2.47. The molecule has 0 bridgehead atoms. The van der Waals surface area contributed by atoms with Crippen molar-refractivity contribution in [2.24, 2.45) is 4.99 Å². The summed E-state index contributed by atoms with van der Waals surface area (Å²) >= 11 is 0. The maximum absolute atomic E-state index is 5.44. The Balaban J connectivity index is 3.34. The molecule has 0 aliphatic carbocycles. The minimum Gasteiger partial charge on any atom is -0.501 e. The van der Waals surface area contributed by atoms with Crippen molar-refractivity contribution in [3.05, 3.63) is 88.8 Å². The van der Waals surface area contributed by atoms with Crippen molar-refractivity contribution in [1.82, 2.24) is 0 Å². The fraction of sp³-hybridized carbons (Fsp3) is 0.261. The van der Waals surface area contributed by atoms with Gasteiger partial charge in [0.2, 0.25) is 0 Å². The normalized spacial score (nSPS) is 13.7. The van der Waals surface area contributed by atoms with Gasteiger partial charge in [-0.15, -0.1) is 0 Å². The van der Waals surface area contributed by atoms with Gasteiger partial charge in [-0.3, -0.25) is 4.99 Å². The van der Waals surface area contributed by atoms with E-state index in [9.17, 15) is 0 Å². The topological polar surface area (TPSA) is 21.6 Å². The summed E-state index contributed by atoms with van der Waals surface area (Å²) in [6.45, 7) is 18.0.